The first-order chi connectivity index (χ1) is 22.3. The van der Waals surface area contributed by atoms with Crippen molar-refractivity contribution < 1.29 is 24.7 Å². The molecule has 0 N–H and O–H groups in total. The second-order valence-electron chi connectivity index (χ2n) is 18.1. The Labute approximate surface area is 334 Å². The van der Waals surface area contributed by atoms with E-state index >= 15 is 0 Å². The van der Waals surface area contributed by atoms with Crippen molar-refractivity contribution in [2.24, 2.45) is 0 Å². The molecular formula is C24H68B10O6Si10. The van der Waals surface area contributed by atoms with Crippen LogP contribution in [0.25, 0.3) is 0 Å². The SMILES string of the molecule is [B][B]B([B])C(B([B])[B])(B([B])[B]C[Si](C)(C)O[Si](C)(C)CC[Si](C)(O[SiH](C)C)O[SiH](C)C)[Si](C)(C)O[Si](C)(C)CC[Si](C)(O[SiH](C)C)O[SiH](C)C. The van der Waals surface area contributed by atoms with Crippen molar-refractivity contribution in [3.63, 3.8) is 0 Å². The monoisotopic (exact) mass is 842 g/mol. The topological polar surface area (TPSA) is 55.4 Å². The molecular weight excluding hydrogens is 773 g/mol. The fourth-order valence-electron chi connectivity index (χ4n) is 7.65. The van der Waals surface area contributed by atoms with Gasteiger partial charge in [0.1, 0.15) is 0 Å². The molecule has 0 amide bonds. The molecule has 26 heteroatoms. The van der Waals surface area contributed by atoms with E-state index in [1.807, 2.05) is 0 Å². The standard InChI is InChI=1S/C24H68B10O6Si10/c1-41(2)35-49(17,36-42(3)4)21-19-45(9,10)39-47(13,14)23-30-33(28)24(32(26)27,34(29)31-25)48(15,16)40-46(11,12)20-22-50(18,37-43(5)6)38-44(7)8/h41-44H,19-23H2,1-18H3. The minimum atomic E-state index is -2.86. The summed E-state index contributed by atoms with van der Waals surface area (Å²) in [6.45, 7) is 38.3. The molecule has 0 spiro atoms. The molecule has 0 fully saturated rings. The lowest BCUT2D eigenvalue weighted by atomic mass is 8.79. The van der Waals surface area contributed by atoms with Gasteiger partial charge in [-0.15, -0.1) is 4.74 Å². The number of hydrogen-bond acceptors (Lipinski definition) is 6. The Bertz CT molecular complexity index is 990. The summed E-state index contributed by atoms with van der Waals surface area (Å²) in [7, 11) is 18.5. The summed E-state index contributed by atoms with van der Waals surface area (Å²) in [5.41, 5.74) is 0. The molecule has 0 saturated carbocycles. The summed E-state index contributed by atoms with van der Waals surface area (Å²) in [6, 6.07) is 3.79. The van der Waals surface area contributed by atoms with Crippen molar-refractivity contribution in [1.82, 2.24) is 0 Å². The fraction of sp³-hybridized carbons (Fsp3) is 1.00. The normalized spacial score (nSPS) is 15.2. The highest BCUT2D eigenvalue weighted by molar-refractivity contribution is 7.65. The van der Waals surface area contributed by atoms with Crippen LogP contribution in [0.3, 0.4) is 0 Å². The minimum Gasteiger partial charge on any atom is -0.457 e. The maximum Gasteiger partial charge on any atom is 0.313 e. The van der Waals surface area contributed by atoms with Crippen LogP contribution >= 0.6 is 0 Å². The molecule has 0 rings (SSSR count). The summed E-state index contributed by atoms with van der Waals surface area (Å²) < 4.78 is 39.7. The smallest absolute Gasteiger partial charge is 0.313 e. The van der Waals surface area contributed by atoms with E-state index in [0.717, 1.165) is 30.1 Å². The molecule has 0 aliphatic carbocycles. The molecule has 1 atom stereocenters. The van der Waals surface area contributed by atoms with Gasteiger partial charge < -0.3 is 24.7 Å². The molecule has 0 bridgehead atoms. The molecule has 0 heterocycles. The summed E-state index contributed by atoms with van der Waals surface area (Å²) in [5.74, 6) is 0.734. The third-order valence-corrected chi connectivity index (χ3v) is 43.9. The summed E-state index contributed by atoms with van der Waals surface area (Å²) >= 11 is 0. The molecule has 0 aromatic heterocycles. The third kappa shape index (κ3) is 17.8. The zero-order chi connectivity index (χ0) is 39.7. The highest BCUT2D eigenvalue weighted by Gasteiger charge is 2.57. The molecule has 1 unspecified atom stereocenters. The lowest BCUT2D eigenvalue weighted by Crippen LogP contribution is -2.74. The van der Waals surface area contributed by atoms with Gasteiger partial charge in [0.15, 0.2) is 69.4 Å². The number of hydrogen-bond donors (Lipinski definition) is 0. The van der Waals surface area contributed by atoms with Crippen molar-refractivity contribution in [2.75, 3.05) is 0 Å². The summed E-state index contributed by atoms with van der Waals surface area (Å²) in [4.78, 5) is 0. The molecule has 0 aromatic carbocycles. The lowest BCUT2D eigenvalue weighted by molar-refractivity contribution is 0.402. The maximum atomic E-state index is 7.30. The van der Waals surface area contributed by atoms with Gasteiger partial charge in [0, 0.05) is 65.2 Å². The highest BCUT2D eigenvalue weighted by Crippen LogP contribution is 2.45. The van der Waals surface area contributed by atoms with Crippen LogP contribution in [0.2, 0.25) is 153 Å². The first-order valence-corrected chi connectivity index (χ1v) is 47.2. The Morgan fingerprint density at radius 3 is 1.16 bits per heavy atom. The van der Waals surface area contributed by atoms with Gasteiger partial charge in [-0.2, -0.15) is 0 Å². The van der Waals surface area contributed by atoms with Crippen LogP contribution in [-0.4, -0.2) is 159 Å². The van der Waals surface area contributed by atoms with Crippen LogP contribution in [0.4, 0.5) is 0 Å². The van der Waals surface area contributed by atoms with E-state index in [4.69, 9.17) is 63.4 Å². The van der Waals surface area contributed by atoms with Crippen molar-refractivity contribution in [2.45, 2.75) is 153 Å². The van der Waals surface area contributed by atoms with Gasteiger partial charge in [-0.3, -0.25) is 0 Å². The zero-order valence-electron chi connectivity index (χ0n) is 35.6. The van der Waals surface area contributed by atoms with Gasteiger partial charge in [0.2, 0.25) is 0 Å². The quantitative estimate of drug-likeness (QED) is 0.123. The van der Waals surface area contributed by atoms with Crippen LogP contribution in [0.15, 0.2) is 0 Å². The van der Waals surface area contributed by atoms with Crippen molar-refractivity contribution in [3.8, 4) is 0 Å². The molecule has 12 radical (unpaired) electrons. The predicted octanol–water partition coefficient (Wildman–Crippen LogP) is 3.93. The Kier molecular flexibility index (Phi) is 22.5. The van der Waals surface area contributed by atoms with E-state index in [2.05, 4.69) is 125 Å². The summed E-state index contributed by atoms with van der Waals surface area (Å²) in [6.07, 6.45) is 0. The summed E-state index contributed by atoms with van der Waals surface area (Å²) in [5, 5.41) is 0. The largest absolute Gasteiger partial charge is 0.457 e. The Balaban J connectivity index is 6.17. The Hall–Kier alpha value is 2.58. The van der Waals surface area contributed by atoms with E-state index in [9.17, 15) is 0 Å². The average molecular weight is 842 g/mol. The van der Waals surface area contributed by atoms with Crippen LogP contribution in [0.1, 0.15) is 0 Å². The van der Waals surface area contributed by atoms with Crippen LogP contribution in [-0.2, 0) is 24.7 Å². The van der Waals surface area contributed by atoms with Crippen molar-refractivity contribution in [1.29, 1.82) is 0 Å². The van der Waals surface area contributed by atoms with Crippen LogP contribution in [0, 0.1) is 0 Å². The molecule has 0 aliphatic heterocycles. The van der Waals surface area contributed by atoms with Crippen LogP contribution in [0.5, 0.6) is 0 Å². The molecule has 270 valence electrons. The van der Waals surface area contributed by atoms with Gasteiger partial charge in [0.25, 0.3) is 0 Å². The van der Waals surface area contributed by atoms with Crippen molar-refractivity contribution >= 4 is 159 Å². The molecule has 0 aromatic rings. The minimum absolute atomic E-state index is 0.543. The maximum absolute atomic E-state index is 7.30. The Morgan fingerprint density at radius 1 is 0.520 bits per heavy atom. The van der Waals surface area contributed by atoms with Gasteiger partial charge in [-0.05, 0) is 142 Å². The van der Waals surface area contributed by atoms with E-state index in [-0.39, 0.29) is 0 Å². The molecule has 0 saturated heterocycles. The van der Waals surface area contributed by atoms with E-state index in [0.29, 0.717) is 0 Å². The van der Waals surface area contributed by atoms with Gasteiger partial charge in [-0.25, -0.2) is 0 Å². The van der Waals surface area contributed by atoms with E-state index < -0.39 is 111 Å². The highest BCUT2D eigenvalue weighted by atomic mass is 28.5. The predicted molar refractivity (Wildman–Crippen MR) is 259 cm³/mol. The first-order valence-electron chi connectivity index (χ1n) is 18.8. The third-order valence-electron chi connectivity index (χ3n) is 9.15. The molecule has 6 nitrogen and oxygen atoms in total. The van der Waals surface area contributed by atoms with E-state index in [1.54, 1.807) is 0 Å². The second kappa shape index (κ2) is 21.4. The first kappa shape index (κ1) is 52.6. The number of rotatable bonds is 26. The van der Waals surface area contributed by atoms with Gasteiger partial charge >= 0.3 is 17.1 Å². The van der Waals surface area contributed by atoms with Gasteiger partial charge in [0.05, 0.1) is 7.17 Å². The molecule has 50 heavy (non-hydrogen) atoms. The fourth-order valence-corrected chi connectivity index (χ4v) is 52.2. The van der Waals surface area contributed by atoms with Gasteiger partial charge in [-0.1, -0.05) is 5.94 Å². The Morgan fingerprint density at radius 2 is 0.860 bits per heavy atom. The van der Waals surface area contributed by atoms with Crippen LogP contribution < -0.4 is 0 Å². The molecule has 0 aliphatic rings. The second-order valence-corrected chi connectivity index (χ2v) is 53.3. The van der Waals surface area contributed by atoms with Crippen molar-refractivity contribution in [3.05, 3.63) is 0 Å². The zero-order valence-corrected chi connectivity index (χ0v) is 46.2. The average Bonchev–Trinajstić information content (AvgIpc) is 2.87. The lowest BCUT2D eigenvalue weighted by Gasteiger charge is -2.58. The van der Waals surface area contributed by atoms with E-state index in [1.165, 1.54) is 7.06 Å².